The van der Waals surface area contributed by atoms with Crippen molar-refractivity contribution in [3.8, 4) is 0 Å². The van der Waals surface area contributed by atoms with Crippen molar-refractivity contribution in [2.24, 2.45) is 0 Å². The molecular weight excluding hydrogens is 294 g/mol. The van der Waals surface area contributed by atoms with Gasteiger partial charge in [0.25, 0.3) is 0 Å². The largest absolute Gasteiger partial charge is 0.351 e. The van der Waals surface area contributed by atoms with Crippen molar-refractivity contribution in [3.63, 3.8) is 0 Å². The Bertz CT molecular complexity index is 627. The van der Waals surface area contributed by atoms with Gasteiger partial charge in [0.15, 0.2) is 0 Å². The zero-order valence-electron chi connectivity index (χ0n) is 12.8. The van der Waals surface area contributed by atoms with Crippen LogP contribution in [0.4, 0.5) is 0 Å². The molecule has 1 atom stereocenters. The van der Waals surface area contributed by atoms with Crippen molar-refractivity contribution in [1.82, 2.24) is 15.2 Å². The maximum Gasteiger partial charge on any atom is 0.217 e. The quantitative estimate of drug-likeness (QED) is 0.922. The van der Waals surface area contributed by atoms with Crippen LogP contribution in [0.25, 0.3) is 0 Å². The first kappa shape index (κ1) is 15.2. The second-order valence-electron chi connectivity index (χ2n) is 5.72. The average Bonchev–Trinajstić information content (AvgIpc) is 3.18. The molecule has 3 rings (SSSR count). The number of carbonyl (C=O) groups excluding carboxylic acids is 1. The van der Waals surface area contributed by atoms with Gasteiger partial charge in [0.1, 0.15) is 0 Å². The zero-order chi connectivity index (χ0) is 15.4. The van der Waals surface area contributed by atoms with Gasteiger partial charge in [0.05, 0.1) is 24.0 Å². The monoisotopic (exact) mass is 315 g/mol. The molecule has 1 N–H and O–H groups in total. The standard InChI is InChI=1S/C17H21N3OS/c1-13(21)18-10-15-4-2-5-16(19-15)17-6-3-8-20(17)11-14-7-9-22-12-14/h2,4-5,7,9,12,17H,3,6,8,10-11H2,1H3,(H,18,21). The molecule has 1 aliphatic rings. The van der Waals surface area contributed by atoms with Crippen LogP contribution in [0.3, 0.4) is 0 Å². The van der Waals surface area contributed by atoms with E-state index in [-0.39, 0.29) is 5.91 Å². The highest BCUT2D eigenvalue weighted by Crippen LogP contribution is 2.32. The molecule has 0 saturated carbocycles. The topological polar surface area (TPSA) is 45.2 Å². The summed E-state index contributed by atoms with van der Waals surface area (Å²) in [7, 11) is 0. The van der Waals surface area contributed by atoms with Crippen LogP contribution in [0, 0.1) is 0 Å². The lowest BCUT2D eigenvalue weighted by atomic mass is 10.1. The van der Waals surface area contributed by atoms with Crippen LogP contribution < -0.4 is 5.32 Å². The molecule has 3 heterocycles. The number of nitrogens with one attached hydrogen (secondary N) is 1. The highest BCUT2D eigenvalue weighted by molar-refractivity contribution is 7.07. The Labute approximate surface area is 135 Å². The highest BCUT2D eigenvalue weighted by Gasteiger charge is 2.27. The van der Waals surface area contributed by atoms with Crippen LogP contribution in [0.2, 0.25) is 0 Å². The molecule has 1 saturated heterocycles. The molecular formula is C17H21N3OS. The van der Waals surface area contributed by atoms with E-state index in [4.69, 9.17) is 4.98 Å². The number of pyridine rings is 1. The van der Waals surface area contributed by atoms with Crippen molar-refractivity contribution < 1.29 is 4.79 Å². The molecule has 0 spiro atoms. The minimum atomic E-state index is -0.0212. The Hall–Kier alpha value is -1.72. The molecule has 1 aliphatic heterocycles. The predicted octanol–water partition coefficient (Wildman–Crippen LogP) is 3.12. The van der Waals surface area contributed by atoms with Crippen LogP contribution >= 0.6 is 11.3 Å². The van der Waals surface area contributed by atoms with Crippen molar-refractivity contribution in [2.45, 2.75) is 38.9 Å². The fourth-order valence-electron chi connectivity index (χ4n) is 2.96. The number of nitrogens with zero attached hydrogens (tertiary/aromatic N) is 2. The number of rotatable bonds is 5. The van der Waals surface area contributed by atoms with E-state index in [1.165, 1.54) is 18.9 Å². The number of carbonyl (C=O) groups is 1. The minimum absolute atomic E-state index is 0.0212. The summed E-state index contributed by atoms with van der Waals surface area (Å²) in [5.41, 5.74) is 3.43. The average molecular weight is 315 g/mol. The van der Waals surface area contributed by atoms with Crippen molar-refractivity contribution in [3.05, 3.63) is 52.0 Å². The lowest BCUT2D eigenvalue weighted by Gasteiger charge is -2.24. The molecule has 0 aliphatic carbocycles. The first-order valence-corrected chi connectivity index (χ1v) is 8.62. The molecule has 5 heteroatoms. The van der Waals surface area contributed by atoms with Crippen LogP contribution in [-0.2, 0) is 17.9 Å². The molecule has 1 fully saturated rings. The number of thiophene rings is 1. The highest BCUT2D eigenvalue weighted by atomic mass is 32.1. The van der Waals surface area contributed by atoms with Crippen LogP contribution in [-0.4, -0.2) is 22.3 Å². The van der Waals surface area contributed by atoms with E-state index in [0.29, 0.717) is 12.6 Å². The molecule has 1 unspecified atom stereocenters. The Balaban J connectivity index is 1.71. The molecule has 22 heavy (non-hydrogen) atoms. The number of hydrogen-bond acceptors (Lipinski definition) is 4. The lowest BCUT2D eigenvalue weighted by molar-refractivity contribution is -0.119. The van der Waals surface area contributed by atoms with Gasteiger partial charge in [-0.1, -0.05) is 6.07 Å². The Morgan fingerprint density at radius 3 is 3.14 bits per heavy atom. The van der Waals surface area contributed by atoms with Gasteiger partial charge in [0, 0.05) is 13.5 Å². The number of amides is 1. The second-order valence-corrected chi connectivity index (χ2v) is 6.50. The normalized spacial score (nSPS) is 18.5. The van der Waals surface area contributed by atoms with Gasteiger partial charge in [-0.25, -0.2) is 0 Å². The van der Waals surface area contributed by atoms with E-state index in [2.05, 4.69) is 33.1 Å². The van der Waals surface area contributed by atoms with Gasteiger partial charge >= 0.3 is 0 Å². The van der Waals surface area contributed by atoms with Gasteiger partial charge in [-0.3, -0.25) is 14.7 Å². The van der Waals surface area contributed by atoms with Crippen molar-refractivity contribution in [2.75, 3.05) is 6.54 Å². The van der Waals surface area contributed by atoms with Gasteiger partial charge < -0.3 is 5.32 Å². The Kier molecular flexibility index (Phi) is 4.85. The molecule has 4 nitrogen and oxygen atoms in total. The third kappa shape index (κ3) is 3.72. The summed E-state index contributed by atoms with van der Waals surface area (Å²) in [5.74, 6) is -0.0212. The summed E-state index contributed by atoms with van der Waals surface area (Å²) >= 11 is 1.75. The van der Waals surface area contributed by atoms with Crippen LogP contribution in [0.15, 0.2) is 35.0 Å². The van der Waals surface area contributed by atoms with E-state index < -0.39 is 0 Å². The third-order valence-corrected chi connectivity index (χ3v) is 4.75. The Morgan fingerprint density at radius 2 is 2.36 bits per heavy atom. The SMILES string of the molecule is CC(=O)NCc1cccc(C2CCCN2Cc2ccsc2)n1. The molecule has 0 aromatic carbocycles. The van der Waals surface area contributed by atoms with Crippen molar-refractivity contribution in [1.29, 1.82) is 0 Å². The summed E-state index contributed by atoms with van der Waals surface area (Å²) < 4.78 is 0. The summed E-state index contributed by atoms with van der Waals surface area (Å²) in [6, 6.07) is 8.70. The van der Waals surface area contributed by atoms with Gasteiger partial charge in [0.2, 0.25) is 5.91 Å². The molecule has 0 bridgehead atoms. The van der Waals surface area contributed by atoms with E-state index in [1.807, 2.05) is 12.1 Å². The van der Waals surface area contributed by atoms with Crippen LogP contribution in [0.1, 0.15) is 42.8 Å². The zero-order valence-corrected chi connectivity index (χ0v) is 13.6. The number of likely N-dealkylation sites (tertiary alicyclic amines) is 1. The number of aromatic nitrogens is 1. The van der Waals surface area contributed by atoms with Gasteiger partial charge in [-0.2, -0.15) is 11.3 Å². The minimum Gasteiger partial charge on any atom is -0.351 e. The summed E-state index contributed by atoms with van der Waals surface area (Å²) in [6.45, 7) is 4.15. The summed E-state index contributed by atoms with van der Waals surface area (Å²) in [4.78, 5) is 18.3. The van der Waals surface area contributed by atoms with Gasteiger partial charge in [-0.05, 0) is 53.9 Å². The molecule has 116 valence electrons. The predicted molar refractivity (Wildman–Crippen MR) is 88.5 cm³/mol. The number of hydrogen-bond donors (Lipinski definition) is 1. The first-order valence-electron chi connectivity index (χ1n) is 7.68. The lowest BCUT2D eigenvalue weighted by Crippen LogP contribution is -2.24. The fraction of sp³-hybridized carbons (Fsp3) is 0.412. The van der Waals surface area contributed by atoms with E-state index in [0.717, 1.165) is 30.9 Å². The maximum atomic E-state index is 11.0. The van der Waals surface area contributed by atoms with E-state index >= 15 is 0 Å². The summed E-state index contributed by atoms with van der Waals surface area (Å²) in [6.07, 6.45) is 2.37. The smallest absolute Gasteiger partial charge is 0.217 e. The molecule has 1 amide bonds. The third-order valence-electron chi connectivity index (χ3n) is 4.02. The van der Waals surface area contributed by atoms with E-state index in [9.17, 15) is 4.79 Å². The Morgan fingerprint density at radius 1 is 1.45 bits per heavy atom. The molecule has 0 radical (unpaired) electrons. The van der Waals surface area contributed by atoms with Gasteiger partial charge in [-0.15, -0.1) is 0 Å². The molecule has 2 aromatic rings. The summed E-state index contributed by atoms with van der Waals surface area (Å²) in [5, 5.41) is 7.16. The first-order chi connectivity index (χ1) is 10.7. The van der Waals surface area contributed by atoms with Crippen molar-refractivity contribution >= 4 is 17.2 Å². The second kappa shape index (κ2) is 7.03. The van der Waals surface area contributed by atoms with E-state index in [1.54, 1.807) is 11.3 Å². The fourth-order valence-corrected chi connectivity index (χ4v) is 3.62. The van der Waals surface area contributed by atoms with Crippen LogP contribution in [0.5, 0.6) is 0 Å². The molecule has 2 aromatic heterocycles. The maximum absolute atomic E-state index is 11.0.